The fraction of sp³-hybridized carbons (Fsp3) is 0.444. The van der Waals surface area contributed by atoms with Crippen molar-refractivity contribution in [2.45, 2.75) is 43.7 Å². The first-order valence-corrected chi connectivity index (χ1v) is 12.9. The summed E-state index contributed by atoms with van der Waals surface area (Å²) in [5.74, 6) is 0.0807. The van der Waals surface area contributed by atoms with Crippen LogP contribution in [0.1, 0.15) is 37.1 Å². The predicted molar refractivity (Wildman–Crippen MR) is 111 cm³/mol. The van der Waals surface area contributed by atoms with E-state index >= 15 is 0 Å². The Labute approximate surface area is 165 Å². The van der Waals surface area contributed by atoms with Gasteiger partial charge in [-0.05, 0) is 55.5 Å². The number of hydrogen-bond acceptors (Lipinski definition) is 5. The maximum atomic E-state index is 12.6. The summed E-state index contributed by atoms with van der Waals surface area (Å²) in [7, 11) is -7.09. The minimum atomic E-state index is -3.69. The Morgan fingerprint density at radius 3 is 2.56 bits per heavy atom. The van der Waals surface area contributed by atoms with E-state index in [0.29, 0.717) is 24.3 Å². The van der Waals surface area contributed by atoms with Gasteiger partial charge in [0, 0.05) is 11.4 Å². The third kappa shape index (κ3) is 4.30. The predicted octanol–water partition coefficient (Wildman–Crippen LogP) is 3.60. The largest absolute Gasteiger partial charge is 0.279 e. The summed E-state index contributed by atoms with van der Waals surface area (Å²) >= 11 is 1.24. The molecule has 0 atom stereocenters. The van der Waals surface area contributed by atoms with Crippen LogP contribution in [0, 0.1) is 0 Å². The van der Waals surface area contributed by atoms with Gasteiger partial charge in [0.1, 0.15) is 4.21 Å². The molecule has 0 bridgehead atoms. The van der Waals surface area contributed by atoms with Gasteiger partial charge in [-0.15, -0.1) is 11.3 Å². The van der Waals surface area contributed by atoms with Crippen LogP contribution >= 0.6 is 11.3 Å². The average Bonchev–Trinajstić information content (AvgIpc) is 3.11. The number of aryl methyl sites for hydroxylation is 2. The highest BCUT2D eigenvalue weighted by Gasteiger charge is 2.27. The molecule has 1 aliphatic heterocycles. The molecule has 6 nitrogen and oxygen atoms in total. The van der Waals surface area contributed by atoms with E-state index in [-0.39, 0.29) is 9.96 Å². The van der Waals surface area contributed by atoms with Crippen LogP contribution in [0.2, 0.25) is 0 Å². The van der Waals surface area contributed by atoms with Crippen molar-refractivity contribution in [2.24, 2.45) is 0 Å². The number of thiophene rings is 1. The van der Waals surface area contributed by atoms with Gasteiger partial charge >= 0.3 is 0 Å². The number of benzene rings is 1. The van der Waals surface area contributed by atoms with E-state index in [0.717, 1.165) is 29.7 Å². The number of hydrogen-bond donors (Lipinski definition) is 1. The lowest BCUT2D eigenvalue weighted by Crippen LogP contribution is -2.37. The third-order valence-electron chi connectivity index (χ3n) is 4.46. The van der Waals surface area contributed by atoms with E-state index in [1.54, 1.807) is 18.2 Å². The molecule has 3 rings (SSSR count). The van der Waals surface area contributed by atoms with Gasteiger partial charge in [0.2, 0.25) is 10.0 Å². The number of rotatable bonds is 7. The average molecular weight is 429 g/mol. The van der Waals surface area contributed by atoms with Crippen LogP contribution in [-0.4, -0.2) is 29.1 Å². The number of anilines is 2. The first-order valence-electron chi connectivity index (χ1n) is 9.01. The highest BCUT2D eigenvalue weighted by molar-refractivity contribution is 7.94. The summed E-state index contributed by atoms with van der Waals surface area (Å²) in [5.41, 5.74) is 1.88. The van der Waals surface area contributed by atoms with Gasteiger partial charge in [-0.1, -0.05) is 19.9 Å². The molecule has 0 unspecified atom stereocenters. The van der Waals surface area contributed by atoms with E-state index in [4.69, 9.17) is 0 Å². The molecule has 1 N–H and O–H groups in total. The van der Waals surface area contributed by atoms with Gasteiger partial charge in [-0.3, -0.25) is 9.03 Å². The first kappa shape index (κ1) is 20.2. The number of nitrogens with one attached hydrogen (secondary N) is 1. The highest BCUT2D eigenvalue weighted by Crippen LogP contribution is 2.33. The Kier molecular flexibility index (Phi) is 5.83. The molecule has 148 valence electrons. The van der Waals surface area contributed by atoms with Crippen molar-refractivity contribution in [3.05, 3.63) is 40.8 Å². The summed E-state index contributed by atoms with van der Waals surface area (Å²) in [5, 5.41) is 0. The smallest absolute Gasteiger partial charge is 0.271 e. The normalized spacial score (nSPS) is 14.8. The minimum Gasteiger partial charge on any atom is -0.279 e. The van der Waals surface area contributed by atoms with Crippen molar-refractivity contribution in [1.82, 2.24) is 0 Å². The summed E-state index contributed by atoms with van der Waals surface area (Å²) < 4.78 is 54.7. The molecule has 0 fully saturated rings. The molecule has 0 aliphatic carbocycles. The Balaban J connectivity index is 1.93. The number of sulfonamides is 2. The zero-order chi connectivity index (χ0) is 19.7. The topological polar surface area (TPSA) is 83.6 Å². The summed E-state index contributed by atoms with van der Waals surface area (Å²) in [6.07, 6.45) is 2.86. The molecule has 27 heavy (non-hydrogen) atoms. The van der Waals surface area contributed by atoms with Crippen molar-refractivity contribution >= 4 is 42.8 Å². The fourth-order valence-electron chi connectivity index (χ4n) is 3.16. The van der Waals surface area contributed by atoms with Gasteiger partial charge in [-0.2, -0.15) is 0 Å². The molecular weight excluding hydrogens is 404 g/mol. The molecule has 9 heteroatoms. The monoisotopic (exact) mass is 428 g/mol. The van der Waals surface area contributed by atoms with Gasteiger partial charge < -0.3 is 0 Å². The van der Waals surface area contributed by atoms with E-state index < -0.39 is 20.0 Å². The third-order valence-corrected chi connectivity index (χ3v) is 9.54. The van der Waals surface area contributed by atoms with Crippen LogP contribution in [0.3, 0.4) is 0 Å². The molecule has 0 saturated heterocycles. The summed E-state index contributed by atoms with van der Waals surface area (Å²) in [6.45, 7) is 4.24. The molecular formula is C18H24N2O4S3. The Hall–Kier alpha value is -1.58. The lowest BCUT2D eigenvalue weighted by atomic mass is 10.0. The van der Waals surface area contributed by atoms with Crippen LogP contribution in [0.4, 0.5) is 11.4 Å². The minimum absolute atomic E-state index is 0.0807. The van der Waals surface area contributed by atoms with Crippen LogP contribution in [0.5, 0.6) is 0 Å². The second-order valence-corrected chi connectivity index (χ2v) is 11.6. The zero-order valence-electron chi connectivity index (χ0n) is 15.4. The molecule has 0 spiro atoms. The van der Waals surface area contributed by atoms with Crippen LogP contribution < -0.4 is 9.03 Å². The standard InChI is InChI=1S/C18H24N2O4S3/c1-3-12-26(21,22)20-11-5-6-14-7-8-15(13-17(14)20)19-27(23,24)18-10-9-16(4-2)25-18/h7-10,13,19H,3-6,11-12H2,1-2H3. The van der Waals surface area contributed by atoms with E-state index in [9.17, 15) is 16.8 Å². The quantitative estimate of drug-likeness (QED) is 0.730. The SMILES string of the molecule is CCCS(=O)(=O)N1CCCc2ccc(NS(=O)(=O)c3ccc(CC)s3)cc21. The maximum absolute atomic E-state index is 12.6. The summed E-state index contributed by atoms with van der Waals surface area (Å²) in [6, 6.07) is 8.55. The fourth-order valence-corrected chi connectivity index (χ4v) is 7.12. The van der Waals surface area contributed by atoms with E-state index in [2.05, 4.69) is 4.72 Å². The molecule has 0 radical (unpaired) electrons. The van der Waals surface area contributed by atoms with Crippen molar-refractivity contribution in [1.29, 1.82) is 0 Å². The Morgan fingerprint density at radius 1 is 1.11 bits per heavy atom. The van der Waals surface area contributed by atoms with Crippen LogP contribution in [-0.2, 0) is 32.9 Å². The molecule has 2 heterocycles. The van der Waals surface area contributed by atoms with Crippen molar-refractivity contribution in [3.8, 4) is 0 Å². The zero-order valence-corrected chi connectivity index (χ0v) is 17.9. The van der Waals surface area contributed by atoms with Crippen molar-refractivity contribution in [3.63, 3.8) is 0 Å². The van der Waals surface area contributed by atoms with Crippen LogP contribution in [0.25, 0.3) is 0 Å². The van der Waals surface area contributed by atoms with E-state index in [1.807, 2.05) is 26.0 Å². The molecule has 0 saturated carbocycles. The van der Waals surface area contributed by atoms with Crippen molar-refractivity contribution < 1.29 is 16.8 Å². The Morgan fingerprint density at radius 2 is 1.89 bits per heavy atom. The van der Waals surface area contributed by atoms with Crippen molar-refractivity contribution in [2.75, 3.05) is 21.3 Å². The second kappa shape index (κ2) is 7.81. The second-order valence-electron chi connectivity index (χ2n) is 6.51. The lowest BCUT2D eigenvalue weighted by molar-refractivity contribution is 0.585. The van der Waals surface area contributed by atoms with Gasteiger partial charge in [0.05, 0.1) is 17.1 Å². The van der Waals surface area contributed by atoms with Crippen LogP contribution in [0.15, 0.2) is 34.5 Å². The first-order chi connectivity index (χ1) is 12.8. The van der Waals surface area contributed by atoms with Gasteiger partial charge in [0.25, 0.3) is 10.0 Å². The Bertz CT molecular complexity index is 1030. The number of fused-ring (bicyclic) bond motifs is 1. The highest BCUT2D eigenvalue weighted by atomic mass is 32.2. The molecule has 2 aromatic rings. The molecule has 1 aromatic heterocycles. The number of nitrogens with zero attached hydrogens (tertiary/aromatic N) is 1. The van der Waals surface area contributed by atoms with Gasteiger partial charge in [-0.25, -0.2) is 16.8 Å². The molecule has 1 aromatic carbocycles. The van der Waals surface area contributed by atoms with Gasteiger partial charge in [0.15, 0.2) is 0 Å². The maximum Gasteiger partial charge on any atom is 0.271 e. The lowest BCUT2D eigenvalue weighted by Gasteiger charge is -2.31. The molecule has 1 aliphatic rings. The molecule has 0 amide bonds. The summed E-state index contributed by atoms with van der Waals surface area (Å²) in [4.78, 5) is 0.998. The van der Waals surface area contributed by atoms with E-state index in [1.165, 1.54) is 15.6 Å².